The van der Waals surface area contributed by atoms with Crippen LogP contribution >= 0.6 is 11.6 Å². The minimum absolute atomic E-state index is 0.162. The van der Waals surface area contributed by atoms with Gasteiger partial charge < -0.3 is 5.32 Å². The van der Waals surface area contributed by atoms with Gasteiger partial charge in [-0.05, 0) is 48.7 Å². The van der Waals surface area contributed by atoms with Gasteiger partial charge >= 0.3 is 0 Å². The van der Waals surface area contributed by atoms with Crippen molar-refractivity contribution in [3.8, 4) is 0 Å². The summed E-state index contributed by atoms with van der Waals surface area (Å²) in [7, 11) is 0. The fraction of sp³-hybridized carbons (Fsp3) is 0.118. The summed E-state index contributed by atoms with van der Waals surface area (Å²) < 4.78 is 0. The third kappa shape index (κ3) is 3.72. The Balaban J connectivity index is 2.11. The van der Waals surface area contributed by atoms with E-state index in [-0.39, 0.29) is 10.9 Å². The summed E-state index contributed by atoms with van der Waals surface area (Å²) in [6.07, 6.45) is 1.65. The van der Waals surface area contributed by atoms with Crippen LogP contribution < -0.4 is 5.32 Å². The molecule has 20 heavy (non-hydrogen) atoms. The van der Waals surface area contributed by atoms with Crippen LogP contribution in [0.3, 0.4) is 0 Å². The van der Waals surface area contributed by atoms with Crippen molar-refractivity contribution in [2.75, 3.05) is 5.32 Å². The van der Waals surface area contributed by atoms with Gasteiger partial charge in [0, 0.05) is 5.69 Å². The average Bonchev–Trinajstić information content (AvgIpc) is 2.44. The minimum Gasteiger partial charge on any atom is -0.321 e. The Hall–Kier alpha value is -2.06. The van der Waals surface area contributed by atoms with Crippen LogP contribution in [-0.4, -0.2) is 5.91 Å². The van der Waals surface area contributed by atoms with Gasteiger partial charge in [0.15, 0.2) is 0 Å². The Morgan fingerprint density at radius 3 is 2.40 bits per heavy atom. The van der Waals surface area contributed by atoms with Crippen LogP contribution in [0.2, 0.25) is 0 Å². The molecule has 0 heterocycles. The lowest BCUT2D eigenvalue weighted by Gasteiger charge is -2.07. The van der Waals surface area contributed by atoms with E-state index >= 15 is 0 Å². The van der Waals surface area contributed by atoms with Crippen molar-refractivity contribution in [1.82, 2.24) is 0 Å². The molecule has 0 aromatic heterocycles. The predicted molar refractivity (Wildman–Crippen MR) is 84.8 cm³/mol. The Morgan fingerprint density at radius 1 is 1.05 bits per heavy atom. The lowest BCUT2D eigenvalue weighted by molar-refractivity contribution is -0.112. The molecule has 0 unspecified atom stereocenters. The topological polar surface area (TPSA) is 29.1 Å². The van der Waals surface area contributed by atoms with E-state index in [1.54, 1.807) is 6.08 Å². The number of carbonyl (C=O) groups is 1. The first-order valence-corrected chi connectivity index (χ1v) is 6.75. The van der Waals surface area contributed by atoms with Crippen LogP contribution in [0.5, 0.6) is 0 Å². The molecule has 2 aromatic carbocycles. The molecule has 0 atom stereocenters. The van der Waals surface area contributed by atoms with E-state index in [0.717, 1.165) is 16.8 Å². The molecule has 2 nitrogen and oxygen atoms in total. The normalized spacial score (nSPS) is 11.2. The number of hydrogen-bond donors (Lipinski definition) is 1. The number of hydrogen-bond acceptors (Lipinski definition) is 1. The number of amides is 1. The zero-order valence-corrected chi connectivity index (χ0v) is 12.2. The summed E-state index contributed by atoms with van der Waals surface area (Å²) in [5.74, 6) is -0.307. The number of benzene rings is 2. The van der Waals surface area contributed by atoms with Crippen LogP contribution in [0.15, 0.2) is 53.6 Å². The maximum atomic E-state index is 12.0. The Bertz CT molecular complexity index is 647. The molecule has 0 aliphatic carbocycles. The van der Waals surface area contributed by atoms with Crippen molar-refractivity contribution < 1.29 is 4.79 Å². The van der Waals surface area contributed by atoms with E-state index < -0.39 is 0 Å². The summed E-state index contributed by atoms with van der Waals surface area (Å²) in [4.78, 5) is 12.0. The second kappa shape index (κ2) is 6.40. The van der Waals surface area contributed by atoms with E-state index in [9.17, 15) is 4.79 Å². The SMILES string of the molecule is Cc1ccc(NC(=O)C(Cl)=Cc2ccccc2)cc1C. The molecule has 102 valence electrons. The van der Waals surface area contributed by atoms with E-state index in [4.69, 9.17) is 11.6 Å². The molecule has 2 rings (SSSR count). The molecular weight excluding hydrogens is 270 g/mol. The van der Waals surface area contributed by atoms with E-state index in [2.05, 4.69) is 5.32 Å². The Morgan fingerprint density at radius 2 is 1.75 bits per heavy atom. The van der Waals surface area contributed by atoms with Crippen molar-refractivity contribution in [3.05, 3.63) is 70.3 Å². The zero-order valence-electron chi connectivity index (χ0n) is 11.5. The van der Waals surface area contributed by atoms with Crippen molar-refractivity contribution >= 4 is 29.3 Å². The molecule has 3 heteroatoms. The van der Waals surface area contributed by atoms with Crippen LogP contribution in [0, 0.1) is 13.8 Å². The predicted octanol–water partition coefficient (Wildman–Crippen LogP) is 4.52. The molecule has 1 amide bonds. The van der Waals surface area contributed by atoms with E-state index in [0.29, 0.717) is 0 Å². The standard InChI is InChI=1S/C17H16ClNO/c1-12-8-9-15(10-13(12)2)19-17(20)16(18)11-14-6-4-3-5-7-14/h3-11H,1-2H3,(H,19,20). The number of rotatable bonds is 3. The maximum absolute atomic E-state index is 12.0. The first-order chi connectivity index (χ1) is 9.56. The van der Waals surface area contributed by atoms with Gasteiger partial charge in [-0.3, -0.25) is 4.79 Å². The van der Waals surface area contributed by atoms with Gasteiger partial charge in [-0.15, -0.1) is 0 Å². The zero-order chi connectivity index (χ0) is 14.5. The highest BCUT2D eigenvalue weighted by Crippen LogP contribution is 2.17. The summed E-state index contributed by atoms with van der Waals surface area (Å²) in [5, 5.41) is 2.95. The van der Waals surface area contributed by atoms with Gasteiger partial charge in [-0.1, -0.05) is 48.0 Å². The smallest absolute Gasteiger partial charge is 0.267 e. The fourth-order valence-corrected chi connectivity index (χ4v) is 1.94. The lowest BCUT2D eigenvalue weighted by atomic mass is 10.1. The third-order valence-corrected chi connectivity index (χ3v) is 3.36. The van der Waals surface area contributed by atoms with Crippen molar-refractivity contribution in [2.24, 2.45) is 0 Å². The van der Waals surface area contributed by atoms with Gasteiger partial charge in [0.1, 0.15) is 5.03 Å². The molecule has 0 fully saturated rings. The highest BCUT2D eigenvalue weighted by atomic mass is 35.5. The molecule has 0 aliphatic heterocycles. The van der Waals surface area contributed by atoms with Gasteiger partial charge in [0.05, 0.1) is 0 Å². The summed E-state index contributed by atoms with van der Waals surface area (Å²) in [6, 6.07) is 15.3. The monoisotopic (exact) mass is 285 g/mol. The van der Waals surface area contributed by atoms with Crippen LogP contribution in [-0.2, 0) is 4.79 Å². The first kappa shape index (κ1) is 14.4. The number of carbonyl (C=O) groups excluding carboxylic acids is 1. The fourth-order valence-electron chi connectivity index (χ4n) is 1.77. The van der Waals surface area contributed by atoms with Gasteiger partial charge in [0.25, 0.3) is 5.91 Å². The van der Waals surface area contributed by atoms with Crippen molar-refractivity contribution in [1.29, 1.82) is 0 Å². The molecule has 1 N–H and O–H groups in total. The van der Waals surface area contributed by atoms with Crippen molar-refractivity contribution in [3.63, 3.8) is 0 Å². The summed E-state index contributed by atoms with van der Waals surface area (Å²) in [5.41, 5.74) is 3.96. The van der Waals surface area contributed by atoms with E-state index in [1.807, 2.05) is 62.4 Å². The Labute approximate surface area is 124 Å². The number of nitrogens with one attached hydrogen (secondary N) is 1. The molecule has 0 bridgehead atoms. The summed E-state index contributed by atoms with van der Waals surface area (Å²) >= 11 is 6.04. The third-order valence-electron chi connectivity index (χ3n) is 3.07. The van der Waals surface area contributed by atoms with E-state index in [1.165, 1.54) is 5.56 Å². The molecular formula is C17H16ClNO. The average molecular weight is 286 g/mol. The molecule has 2 aromatic rings. The van der Waals surface area contributed by atoms with Gasteiger partial charge in [-0.25, -0.2) is 0 Å². The minimum atomic E-state index is -0.307. The highest BCUT2D eigenvalue weighted by Gasteiger charge is 2.07. The molecule has 0 saturated carbocycles. The quantitative estimate of drug-likeness (QED) is 0.825. The largest absolute Gasteiger partial charge is 0.321 e. The maximum Gasteiger partial charge on any atom is 0.267 e. The highest BCUT2D eigenvalue weighted by molar-refractivity contribution is 6.45. The van der Waals surface area contributed by atoms with Crippen molar-refractivity contribution in [2.45, 2.75) is 13.8 Å². The van der Waals surface area contributed by atoms with Crippen LogP contribution in [0.4, 0.5) is 5.69 Å². The molecule has 0 spiro atoms. The second-order valence-corrected chi connectivity index (χ2v) is 5.06. The molecule has 0 radical (unpaired) electrons. The van der Waals surface area contributed by atoms with Gasteiger partial charge in [0.2, 0.25) is 0 Å². The first-order valence-electron chi connectivity index (χ1n) is 6.37. The van der Waals surface area contributed by atoms with Crippen LogP contribution in [0.25, 0.3) is 6.08 Å². The molecule has 0 saturated heterocycles. The second-order valence-electron chi connectivity index (χ2n) is 4.66. The van der Waals surface area contributed by atoms with Crippen LogP contribution in [0.1, 0.15) is 16.7 Å². The Kier molecular flexibility index (Phi) is 4.59. The summed E-state index contributed by atoms with van der Waals surface area (Å²) in [6.45, 7) is 4.04. The number of halogens is 1. The van der Waals surface area contributed by atoms with Gasteiger partial charge in [-0.2, -0.15) is 0 Å². The number of anilines is 1. The number of aryl methyl sites for hydroxylation is 2. The lowest BCUT2D eigenvalue weighted by Crippen LogP contribution is -2.11. The molecule has 0 aliphatic rings.